The van der Waals surface area contributed by atoms with Crippen LogP contribution in [0.5, 0.6) is 0 Å². The molecule has 2 heterocycles. The van der Waals surface area contributed by atoms with Gasteiger partial charge in [-0.05, 0) is 19.3 Å². The van der Waals surface area contributed by atoms with Gasteiger partial charge in [-0.2, -0.15) is 5.10 Å². The van der Waals surface area contributed by atoms with E-state index in [1.165, 1.54) is 37.9 Å². The van der Waals surface area contributed by atoms with E-state index in [1.807, 2.05) is 19.4 Å². The highest BCUT2D eigenvalue weighted by Crippen LogP contribution is 2.37. The molecule has 0 atom stereocenters. The molecule has 5 heteroatoms. The average molecular weight is 287 g/mol. The molecular weight excluding hydrogens is 262 g/mol. The quantitative estimate of drug-likeness (QED) is 0.917. The molecule has 1 aliphatic rings. The lowest BCUT2D eigenvalue weighted by molar-refractivity contribution is 0.561. The van der Waals surface area contributed by atoms with Crippen LogP contribution in [0, 0.1) is 0 Å². The Hall–Kier alpha value is -1.78. The summed E-state index contributed by atoms with van der Waals surface area (Å²) in [6.07, 6.45) is 11.3. The van der Waals surface area contributed by atoms with Crippen LogP contribution in [-0.2, 0) is 13.6 Å². The number of rotatable bonds is 5. The van der Waals surface area contributed by atoms with Crippen LogP contribution in [0.15, 0.2) is 12.4 Å². The average Bonchev–Trinajstić information content (AvgIpc) is 3.17. The van der Waals surface area contributed by atoms with Gasteiger partial charge in [-0.3, -0.25) is 4.68 Å². The minimum atomic E-state index is 0.578. The third-order valence-electron chi connectivity index (χ3n) is 4.47. The van der Waals surface area contributed by atoms with Crippen LogP contribution in [-0.4, -0.2) is 19.3 Å². The first-order chi connectivity index (χ1) is 10.2. The molecule has 1 fully saturated rings. The summed E-state index contributed by atoms with van der Waals surface area (Å²) in [5.41, 5.74) is 8.34. The zero-order valence-electron chi connectivity index (χ0n) is 13.0. The fourth-order valence-corrected chi connectivity index (χ4v) is 3.29. The number of anilines is 1. The SMILES string of the molecule is CCCCn1c(C2CCCC2)nc(-c2cnn(C)c2)c1N. The van der Waals surface area contributed by atoms with Gasteiger partial charge in [-0.1, -0.05) is 26.2 Å². The topological polar surface area (TPSA) is 61.7 Å². The predicted octanol–water partition coefficient (Wildman–Crippen LogP) is 3.32. The molecular formula is C16H25N5. The number of unbranched alkanes of at least 4 members (excludes halogenated alkanes) is 1. The van der Waals surface area contributed by atoms with E-state index in [1.54, 1.807) is 4.68 Å². The Morgan fingerprint density at radius 3 is 2.71 bits per heavy atom. The van der Waals surface area contributed by atoms with Crippen molar-refractivity contribution in [1.82, 2.24) is 19.3 Å². The van der Waals surface area contributed by atoms with Gasteiger partial charge >= 0.3 is 0 Å². The third kappa shape index (κ3) is 2.69. The van der Waals surface area contributed by atoms with Crippen molar-refractivity contribution in [3.8, 4) is 11.3 Å². The van der Waals surface area contributed by atoms with E-state index >= 15 is 0 Å². The summed E-state index contributed by atoms with van der Waals surface area (Å²) in [6, 6.07) is 0. The fraction of sp³-hybridized carbons (Fsp3) is 0.625. The van der Waals surface area contributed by atoms with Crippen LogP contribution >= 0.6 is 0 Å². The Morgan fingerprint density at radius 1 is 1.33 bits per heavy atom. The molecule has 21 heavy (non-hydrogen) atoms. The first-order valence-corrected chi connectivity index (χ1v) is 8.05. The standard InChI is InChI=1S/C16H25N5/c1-3-4-9-21-15(17)14(13-10-18-20(2)11-13)19-16(21)12-7-5-6-8-12/h10-12H,3-9,17H2,1-2H3. The highest BCUT2D eigenvalue weighted by atomic mass is 15.2. The van der Waals surface area contributed by atoms with Crippen molar-refractivity contribution in [1.29, 1.82) is 0 Å². The Bertz CT molecular complexity index is 604. The molecule has 114 valence electrons. The van der Waals surface area contributed by atoms with Crippen molar-refractivity contribution < 1.29 is 0 Å². The molecule has 2 aromatic rings. The van der Waals surface area contributed by atoms with Gasteiger partial charge in [0.15, 0.2) is 0 Å². The molecule has 5 nitrogen and oxygen atoms in total. The fourth-order valence-electron chi connectivity index (χ4n) is 3.29. The number of nitrogen functional groups attached to an aromatic ring is 1. The Labute approximate surface area is 126 Å². The minimum Gasteiger partial charge on any atom is -0.383 e. The number of nitrogens with two attached hydrogens (primary N) is 1. The van der Waals surface area contributed by atoms with Crippen molar-refractivity contribution in [3.63, 3.8) is 0 Å². The molecule has 2 aromatic heterocycles. The minimum absolute atomic E-state index is 0.578. The zero-order valence-corrected chi connectivity index (χ0v) is 13.0. The van der Waals surface area contributed by atoms with Gasteiger partial charge in [-0.15, -0.1) is 0 Å². The van der Waals surface area contributed by atoms with Gasteiger partial charge in [0.25, 0.3) is 0 Å². The highest BCUT2D eigenvalue weighted by Gasteiger charge is 2.25. The summed E-state index contributed by atoms with van der Waals surface area (Å²) in [5, 5.41) is 4.24. The molecule has 2 N–H and O–H groups in total. The van der Waals surface area contributed by atoms with Gasteiger partial charge in [-0.25, -0.2) is 4.98 Å². The summed E-state index contributed by atoms with van der Waals surface area (Å²) >= 11 is 0. The second kappa shape index (κ2) is 5.92. The van der Waals surface area contributed by atoms with Gasteiger partial charge in [0.2, 0.25) is 0 Å². The number of aromatic nitrogens is 4. The summed E-state index contributed by atoms with van der Waals surface area (Å²) in [4.78, 5) is 4.91. The molecule has 1 saturated carbocycles. The van der Waals surface area contributed by atoms with E-state index in [9.17, 15) is 0 Å². The summed E-state index contributed by atoms with van der Waals surface area (Å²) in [6.45, 7) is 3.19. The Morgan fingerprint density at radius 2 is 2.10 bits per heavy atom. The Balaban J connectivity index is 2.01. The number of imidazole rings is 1. The first-order valence-electron chi connectivity index (χ1n) is 8.05. The van der Waals surface area contributed by atoms with Gasteiger partial charge in [0, 0.05) is 31.3 Å². The molecule has 0 aliphatic heterocycles. The third-order valence-corrected chi connectivity index (χ3v) is 4.47. The number of nitrogens with zero attached hydrogens (tertiary/aromatic N) is 4. The van der Waals surface area contributed by atoms with Crippen LogP contribution < -0.4 is 5.73 Å². The van der Waals surface area contributed by atoms with Crippen molar-refractivity contribution >= 4 is 5.82 Å². The number of aryl methyl sites for hydroxylation is 1. The summed E-state index contributed by atoms with van der Waals surface area (Å²) in [7, 11) is 1.92. The monoisotopic (exact) mass is 287 g/mol. The summed E-state index contributed by atoms with van der Waals surface area (Å²) in [5.74, 6) is 2.57. The number of hydrogen-bond donors (Lipinski definition) is 1. The van der Waals surface area contributed by atoms with E-state index in [2.05, 4.69) is 16.6 Å². The van der Waals surface area contributed by atoms with E-state index < -0.39 is 0 Å². The number of hydrogen-bond acceptors (Lipinski definition) is 3. The molecule has 0 bridgehead atoms. The van der Waals surface area contributed by atoms with Crippen LogP contribution in [0.3, 0.4) is 0 Å². The maximum Gasteiger partial charge on any atom is 0.131 e. The second-order valence-corrected chi connectivity index (χ2v) is 6.09. The molecule has 0 amide bonds. The molecule has 3 rings (SSSR count). The second-order valence-electron chi connectivity index (χ2n) is 6.09. The van der Waals surface area contributed by atoms with Gasteiger partial charge in [0.1, 0.15) is 17.3 Å². The first kappa shape index (κ1) is 14.2. The predicted molar refractivity (Wildman–Crippen MR) is 85.0 cm³/mol. The zero-order chi connectivity index (χ0) is 14.8. The lowest BCUT2D eigenvalue weighted by Gasteiger charge is -2.13. The maximum absolute atomic E-state index is 6.42. The highest BCUT2D eigenvalue weighted by molar-refractivity contribution is 5.70. The molecule has 0 radical (unpaired) electrons. The van der Waals surface area contributed by atoms with Crippen LogP contribution in [0.25, 0.3) is 11.3 Å². The van der Waals surface area contributed by atoms with E-state index in [4.69, 9.17) is 10.7 Å². The maximum atomic E-state index is 6.42. The van der Waals surface area contributed by atoms with Crippen LogP contribution in [0.4, 0.5) is 5.82 Å². The van der Waals surface area contributed by atoms with E-state index in [0.29, 0.717) is 5.92 Å². The smallest absolute Gasteiger partial charge is 0.131 e. The van der Waals surface area contributed by atoms with Crippen LogP contribution in [0.2, 0.25) is 0 Å². The van der Waals surface area contributed by atoms with Crippen LogP contribution in [0.1, 0.15) is 57.2 Å². The molecule has 0 unspecified atom stereocenters. The van der Waals surface area contributed by atoms with Crippen molar-refractivity contribution in [3.05, 3.63) is 18.2 Å². The summed E-state index contributed by atoms with van der Waals surface area (Å²) < 4.78 is 4.05. The molecule has 0 saturated heterocycles. The van der Waals surface area contributed by atoms with Gasteiger partial charge < -0.3 is 10.3 Å². The van der Waals surface area contributed by atoms with Gasteiger partial charge in [0.05, 0.1) is 6.20 Å². The van der Waals surface area contributed by atoms with E-state index in [-0.39, 0.29) is 0 Å². The van der Waals surface area contributed by atoms with E-state index in [0.717, 1.165) is 30.0 Å². The lowest BCUT2D eigenvalue weighted by Crippen LogP contribution is -2.10. The normalized spacial score (nSPS) is 15.9. The largest absolute Gasteiger partial charge is 0.383 e. The molecule has 1 aliphatic carbocycles. The Kier molecular flexibility index (Phi) is 3.99. The lowest BCUT2D eigenvalue weighted by atomic mass is 10.1. The van der Waals surface area contributed by atoms with Crippen molar-refractivity contribution in [2.45, 2.75) is 57.9 Å². The van der Waals surface area contributed by atoms with Crippen molar-refractivity contribution in [2.75, 3.05) is 5.73 Å². The molecule has 0 spiro atoms. The molecule has 0 aromatic carbocycles. The van der Waals surface area contributed by atoms with Crippen molar-refractivity contribution in [2.24, 2.45) is 7.05 Å².